The molecule has 3 rings (SSSR count). The lowest BCUT2D eigenvalue weighted by molar-refractivity contribution is -0.383. The maximum absolute atomic E-state index is 11.6. The number of aromatic nitrogens is 2. The van der Waals surface area contributed by atoms with Crippen LogP contribution in [-0.2, 0) is 0 Å². The molecular formula is C17H21IN6O2. The molecule has 26 heavy (non-hydrogen) atoms. The molecule has 9 heteroatoms. The first kappa shape index (κ1) is 18.8. The molecule has 0 bridgehead atoms. The monoisotopic (exact) mass is 468 g/mol. The Morgan fingerprint density at radius 3 is 2.50 bits per heavy atom. The number of likely N-dealkylation sites (tertiary alicyclic amines) is 1. The summed E-state index contributed by atoms with van der Waals surface area (Å²) < 4.78 is 1.09. The molecule has 8 nitrogen and oxygen atoms in total. The van der Waals surface area contributed by atoms with Crippen molar-refractivity contribution in [3.05, 3.63) is 44.3 Å². The van der Waals surface area contributed by atoms with Crippen LogP contribution in [0, 0.1) is 13.7 Å². The van der Waals surface area contributed by atoms with E-state index in [1.807, 2.05) is 24.3 Å². The highest BCUT2D eigenvalue weighted by Crippen LogP contribution is 2.31. The predicted octanol–water partition coefficient (Wildman–Crippen LogP) is 3.63. The van der Waals surface area contributed by atoms with Crippen molar-refractivity contribution in [1.29, 1.82) is 0 Å². The van der Waals surface area contributed by atoms with Crippen LogP contribution >= 0.6 is 22.6 Å². The van der Waals surface area contributed by atoms with Gasteiger partial charge < -0.3 is 15.5 Å². The molecule has 1 aliphatic heterocycles. The Morgan fingerprint density at radius 1 is 1.12 bits per heavy atom. The number of nitrogens with one attached hydrogen (secondary N) is 2. The highest BCUT2D eigenvalue weighted by atomic mass is 127. The summed E-state index contributed by atoms with van der Waals surface area (Å²) in [4.78, 5) is 21.6. The van der Waals surface area contributed by atoms with Gasteiger partial charge in [0, 0.05) is 22.3 Å². The van der Waals surface area contributed by atoms with E-state index in [2.05, 4.69) is 48.1 Å². The van der Waals surface area contributed by atoms with Crippen LogP contribution in [0.15, 0.2) is 30.6 Å². The van der Waals surface area contributed by atoms with Crippen molar-refractivity contribution < 1.29 is 4.92 Å². The van der Waals surface area contributed by atoms with E-state index in [0.717, 1.165) is 28.9 Å². The number of benzene rings is 1. The van der Waals surface area contributed by atoms with Gasteiger partial charge in [0.05, 0.1) is 4.92 Å². The Kier molecular flexibility index (Phi) is 6.56. The molecule has 0 radical (unpaired) electrons. The molecule has 0 aliphatic carbocycles. The molecule has 1 aromatic heterocycles. The number of nitrogens with zero attached hydrogens (tertiary/aromatic N) is 4. The van der Waals surface area contributed by atoms with E-state index in [0.29, 0.717) is 6.54 Å². The molecule has 1 aliphatic rings. The van der Waals surface area contributed by atoms with Gasteiger partial charge in [-0.05, 0) is 72.8 Å². The maximum atomic E-state index is 11.6. The fraction of sp³-hybridized carbons (Fsp3) is 0.412. The second kappa shape index (κ2) is 9.08. The van der Waals surface area contributed by atoms with Crippen LogP contribution in [-0.4, -0.2) is 46.0 Å². The quantitative estimate of drug-likeness (QED) is 0.364. The number of hydrogen-bond acceptors (Lipinski definition) is 7. The normalized spacial score (nSPS) is 14.8. The number of hydrogen-bond donors (Lipinski definition) is 2. The second-order valence-corrected chi connectivity index (χ2v) is 7.38. The third-order valence-corrected chi connectivity index (χ3v) is 5.00. The number of rotatable bonds is 7. The average Bonchev–Trinajstić information content (AvgIpc) is 2.64. The van der Waals surface area contributed by atoms with Gasteiger partial charge in [0.25, 0.3) is 0 Å². The van der Waals surface area contributed by atoms with E-state index in [1.54, 1.807) is 0 Å². The van der Waals surface area contributed by atoms with Crippen molar-refractivity contribution in [2.24, 2.45) is 0 Å². The fourth-order valence-electron chi connectivity index (χ4n) is 2.96. The third-order valence-electron chi connectivity index (χ3n) is 4.28. The Bertz CT molecular complexity index is 749. The van der Waals surface area contributed by atoms with Gasteiger partial charge >= 0.3 is 5.69 Å². The van der Waals surface area contributed by atoms with Gasteiger partial charge in [0.1, 0.15) is 6.33 Å². The van der Waals surface area contributed by atoms with Gasteiger partial charge in [-0.2, -0.15) is 0 Å². The van der Waals surface area contributed by atoms with Gasteiger partial charge in [0.2, 0.25) is 11.6 Å². The zero-order valence-electron chi connectivity index (χ0n) is 14.3. The molecule has 138 valence electrons. The summed E-state index contributed by atoms with van der Waals surface area (Å²) in [6.07, 6.45) is 5.07. The predicted molar refractivity (Wildman–Crippen MR) is 110 cm³/mol. The molecule has 2 aromatic rings. The van der Waals surface area contributed by atoms with E-state index >= 15 is 0 Å². The lowest BCUT2D eigenvalue weighted by Crippen LogP contribution is -2.33. The SMILES string of the molecule is O=[N+]([O-])c1c(NCCN2CCCCC2)ncnc1Nc1ccc(I)cc1. The molecule has 1 saturated heterocycles. The maximum Gasteiger partial charge on any atom is 0.353 e. The first-order valence-electron chi connectivity index (χ1n) is 8.61. The summed E-state index contributed by atoms with van der Waals surface area (Å²) in [6, 6.07) is 7.57. The van der Waals surface area contributed by atoms with Crippen molar-refractivity contribution in [1.82, 2.24) is 14.9 Å². The summed E-state index contributed by atoms with van der Waals surface area (Å²) in [5, 5.41) is 17.7. The van der Waals surface area contributed by atoms with Crippen molar-refractivity contribution >= 4 is 45.6 Å². The Hall–Kier alpha value is -2.01. The van der Waals surface area contributed by atoms with Crippen LogP contribution in [0.3, 0.4) is 0 Å². The molecule has 1 fully saturated rings. The fourth-order valence-corrected chi connectivity index (χ4v) is 3.32. The van der Waals surface area contributed by atoms with Crippen molar-refractivity contribution in [2.75, 3.05) is 36.8 Å². The van der Waals surface area contributed by atoms with Gasteiger partial charge in [-0.1, -0.05) is 6.42 Å². The van der Waals surface area contributed by atoms with Gasteiger partial charge in [-0.15, -0.1) is 0 Å². The topological polar surface area (TPSA) is 96.2 Å². The molecule has 0 atom stereocenters. The lowest BCUT2D eigenvalue weighted by atomic mass is 10.1. The average molecular weight is 468 g/mol. The van der Waals surface area contributed by atoms with Crippen LogP contribution in [0.4, 0.5) is 23.0 Å². The van der Waals surface area contributed by atoms with Crippen molar-refractivity contribution in [3.8, 4) is 0 Å². The first-order valence-corrected chi connectivity index (χ1v) is 9.69. The van der Waals surface area contributed by atoms with Gasteiger partial charge in [0.15, 0.2) is 0 Å². The molecule has 0 saturated carbocycles. The van der Waals surface area contributed by atoms with Crippen LogP contribution in [0.5, 0.6) is 0 Å². The smallest absolute Gasteiger partial charge is 0.353 e. The standard InChI is InChI=1S/C17H21IN6O2/c18-13-4-6-14(7-5-13)22-17-15(24(25)26)16(20-12-21-17)19-8-11-23-9-2-1-3-10-23/h4-7,12H,1-3,8-11H2,(H2,19,20,21,22). The number of piperidine rings is 1. The molecule has 2 heterocycles. The summed E-state index contributed by atoms with van der Waals surface area (Å²) in [5.74, 6) is 0.432. The number of nitro groups is 1. The number of anilines is 3. The first-order chi connectivity index (χ1) is 12.6. The summed E-state index contributed by atoms with van der Waals surface area (Å²) in [6.45, 7) is 3.64. The zero-order chi connectivity index (χ0) is 18.4. The molecule has 2 N–H and O–H groups in total. The Morgan fingerprint density at radius 2 is 1.81 bits per heavy atom. The minimum absolute atomic E-state index is 0.135. The Balaban J connectivity index is 1.70. The summed E-state index contributed by atoms with van der Waals surface area (Å²) in [7, 11) is 0. The molecular weight excluding hydrogens is 447 g/mol. The van der Waals surface area contributed by atoms with E-state index in [9.17, 15) is 10.1 Å². The lowest BCUT2D eigenvalue weighted by Gasteiger charge is -2.26. The van der Waals surface area contributed by atoms with E-state index < -0.39 is 4.92 Å². The summed E-state index contributed by atoms with van der Waals surface area (Å²) >= 11 is 2.21. The van der Waals surface area contributed by atoms with Crippen molar-refractivity contribution in [3.63, 3.8) is 0 Å². The highest BCUT2D eigenvalue weighted by molar-refractivity contribution is 14.1. The third kappa shape index (κ3) is 5.01. The Labute approximate surface area is 165 Å². The van der Waals surface area contributed by atoms with Crippen LogP contribution in [0.25, 0.3) is 0 Å². The largest absolute Gasteiger partial charge is 0.363 e. The van der Waals surface area contributed by atoms with E-state index in [1.165, 1.54) is 25.6 Å². The van der Waals surface area contributed by atoms with Crippen LogP contribution in [0.1, 0.15) is 19.3 Å². The van der Waals surface area contributed by atoms with E-state index in [-0.39, 0.29) is 17.3 Å². The zero-order valence-corrected chi connectivity index (χ0v) is 16.5. The molecule has 0 unspecified atom stereocenters. The summed E-state index contributed by atoms with van der Waals surface area (Å²) in [5.41, 5.74) is 0.608. The van der Waals surface area contributed by atoms with Crippen LogP contribution < -0.4 is 10.6 Å². The molecule has 1 aromatic carbocycles. The van der Waals surface area contributed by atoms with Gasteiger partial charge in [-0.3, -0.25) is 10.1 Å². The number of halogens is 1. The minimum atomic E-state index is -0.446. The second-order valence-electron chi connectivity index (χ2n) is 6.14. The molecule has 0 amide bonds. The van der Waals surface area contributed by atoms with E-state index in [4.69, 9.17) is 0 Å². The highest BCUT2D eigenvalue weighted by Gasteiger charge is 2.23. The minimum Gasteiger partial charge on any atom is -0.363 e. The van der Waals surface area contributed by atoms with Gasteiger partial charge in [-0.25, -0.2) is 9.97 Å². The molecule has 0 spiro atoms. The van der Waals surface area contributed by atoms with Crippen LogP contribution in [0.2, 0.25) is 0 Å². The van der Waals surface area contributed by atoms with Crippen molar-refractivity contribution in [2.45, 2.75) is 19.3 Å².